The number of pyridine rings is 2. The van der Waals surface area contributed by atoms with E-state index < -0.39 is 15.8 Å². The van der Waals surface area contributed by atoms with Crippen LogP contribution in [0.4, 0.5) is 5.69 Å². The van der Waals surface area contributed by atoms with E-state index in [9.17, 15) is 8.42 Å². The number of aromatic nitrogens is 3. The third-order valence-corrected chi connectivity index (χ3v) is 6.14. The smallest absolute Gasteiger partial charge is 0.227 e. The number of hydrogen-bond acceptors (Lipinski definition) is 6. The van der Waals surface area contributed by atoms with Gasteiger partial charge in [0.25, 0.3) is 0 Å². The first-order chi connectivity index (χ1) is 12.1. The van der Waals surface area contributed by atoms with Gasteiger partial charge in [-0.1, -0.05) is 0 Å². The van der Waals surface area contributed by atoms with E-state index in [-0.39, 0.29) is 0 Å². The van der Waals surface area contributed by atoms with Gasteiger partial charge in [-0.2, -0.15) is 9.57 Å². The molecule has 8 nitrogen and oxygen atoms in total. The molecule has 0 atom stereocenters. The first kappa shape index (κ1) is 15.8. The van der Waals surface area contributed by atoms with Crippen LogP contribution in [0.2, 0.25) is 0 Å². The molecule has 0 aliphatic carbocycles. The van der Waals surface area contributed by atoms with Gasteiger partial charge in [0, 0.05) is 55.0 Å². The van der Waals surface area contributed by atoms with Gasteiger partial charge in [-0.25, -0.2) is 18.4 Å². The number of H-pyrrole nitrogens is 1. The zero-order chi connectivity index (χ0) is 17.4. The van der Waals surface area contributed by atoms with Crippen molar-refractivity contribution >= 4 is 37.6 Å². The molecule has 1 saturated heterocycles. The van der Waals surface area contributed by atoms with Crippen LogP contribution in [0.1, 0.15) is 0 Å². The molecule has 1 N–H and O–H groups in total. The van der Waals surface area contributed by atoms with Crippen LogP contribution in [0.3, 0.4) is 0 Å². The summed E-state index contributed by atoms with van der Waals surface area (Å²) in [5.74, 6) is -0.471. The molecule has 1 aliphatic rings. The SMILES string of the molecule is N#CCS(=O)(=O)N1CCN(c2cc[nH]c3cnc4nccc4c23)CC1. The molecule has 128 valence electrons. The van der Waals surface area contributed by atoms with E-state index in [0.29, 0.717) is 31.8 Å². The number of fused-ring (bicyclic) bond motifs is 3. The molecule has 0 radical (unpaired) electrons. The lowest BCUT2D eigenvalue weighted by Gasteiger charge is -2.35. The Hall–Kier alpha value is -2.70. The van der Waals surface area contributed by atoms with Crippen LogP contribution in [-0.2, 0) is 10.0 Å². The second-order valence-corrected chi connectivity index (χ2v) is 7.86. The van der Waals surface area contributed by atoms with Crippen molar-refractivity contribution in [3.05, 3.63) is 30.7 Å². The first-order valence-corrected chi connectivity index (χ1v) is 9.51. The number of piperazine rings is 1. The Kier molecular flexibility index (Phi) is 3.78. The van der Waals surface area contributed by atoms with Crippen molar-refractivity contribution in [1.29, 1.82) is 5.26 Å². The molecule has 0 bridgehead atoms. The van der Waals surface area contributed by atoms with Crippen LogP contribution in [-0.4, -0.2) is 59.6 Å². The topological polar surface area (TPSA) is 106 Å². The maximum absolute atomic E-state index is 12.0. The molecule has 0 saturated carbocycles. The molecule has 3 aromatic rings. The van der Waals surface area contributed by atoms with Crippen molar-refractivity contribution in [2.24, 2.45) is 0 Å². The third kappa shape index (κ3) is 2.69. The van der Waals surface area contributed by atoms with Crippen molar-refractivity contribution in [1.82, 2.24) is 19.3 Å². The fourth-order valence-corrected chi connectivity index (χ4v) is 4.35. The van der Waals surface area contributed by atoms with E-state index in [1.54, 1.807) is 18.5 Å². The second-order valence-electron chi connectivity index (χ2n) is 5.89. The van der Waals surface area contributed by atoms with E-state index >= 15 is 0 Å². The zero-order valence-corrected chi connectivity index (χ0v) is 14.2. The standard InChI is InChI=1S/C16H16N6O2S/c17-3-10-25(23,24)22-8-6-21(7-9-22)14-2-5-18-13-11-20-16-12(15(13)14)1-4-19-16/h1-2,4-5,11,18H,6-10H2. The van der Waals surface area contributed by atoms with E-state index in [1.807, 2.05) is 18.3 Å². The maximum Gasteiger partial charge on any atom is 0.227 e. The highest BCUT2D eigenvalue weighted by Gasteiger charge is 2.27. The highest BCUT2D eigenvalue weighted by Crippen LogP contribution is 2.31. The Morgan fingerprint density at radius 1 is 1.20 bits per heavy atom. The average molecular weight is 356 g/mol. The lowest BCUT2D eigenvalue weighted by Crippen LogP contribution is -2.49. The van der Waals surface area contributed by atoms with Gasteiger partial charge in [0.1, 0.15) is 0 Å². The fraction of sp³-hybridized carbons (Fsp3) is 0.312. The number of nitriles is 1. The largest absolute Gasteiger partial charge is 0.368 e. The predicted molar refractivity (Wildman–Crippen MR) is 94.6 cm³/mol. The molecular formula is C16H16N6O2S. The summed E-state index contributed by atoms with van der Waals surface area (Å²) in [7, 11) is -3.49. The Morgan fingerprint density at radius 3 is 2.76 bits per heavy atom. The molecule has 0 amide bonds. The Morgan fingerprint density at radius 2 is 2.00 bits per heavy atom. The van der Waals surface area contributed by atoms with Crippen LogP contribution < -0.4 is 4.90 Å². The normalized spacial score (nSPS) is 16.4. The summed E-state index contributed by atoms with van der Waals surface area (Å²) in [4.78, 5) is 14.0. The molecule has 4 rings (SSSR count). The minimum Gasteiger partial charge on any atom is -0.368 e. The summed E-state index contributed by atoms with van der Waals surface area (Å²) < 4.78 is 25.5. The first-order valence-electron chi connectivity index (χ1n) is 7.91. The summed E-state index contributed by atoms with van der Waals surface area (Å²) in [6, 6.07) is 5.66. The fourth-order valence-electron chi connectivity index (χ4n) is 3.28. The number of aromatic amines is 1. The summed E-state index contributed by atoms with van der Waals surface area (Å²) >= 11 is 0. The summed E-state index contributed by atoms with van der Waals surface area (Å²) in [5.41, 5.74) is 2.65. The number of nitrogens with one attached hydrogen (secondary N) is 1. The van der Waals surface area contributed by atoms with E-state index in [1.165, 1.54) is 4.31 Å². The van der Waals surface area contributed by atoms with Gasteiger partial charge in [0.15, 0.2) is 11.4 Å². The Labute approximate surface area is 144 Å². The van der Waals surface area contributed by atoms with Crippen LogP contribution >= 0.6 is 0 Å². The van der Waals surface area contributed by atoms with Gasteiger partial charge in [0.2, 0.25) is 10.0 Å². The van der Waals surface area contributed by atoms with Crippen molar-refractivity contribution in [3.8, 4) is 6.07 Å². The molecule has 25 heavy (non-hydrogen) atoms. The molecule has 0 spiro atoms. The van der Waals surface area contributed by atoms with Gasteiger partial charge in [-0.05, 0) is 12.1 Å². The van der Waals surface area contributed by atoms with Crippen LogP contribution in [0.5, 0.6) is 0 Å². The van der Waals surface area contributed by atoms with Crippen molar-refractivity contribution in [2.75, 3.05) is 36.8 Å². The Bertz CT molecular complexity index is 1080. The highest BCUT2D eigenvalue weighted by molar-refractivity contribution is 7.89. The van der Waals surface area contributed by atoms with Gasteiger partial charge >= 0.3 is 0 Å². The van der Waals surface area contributed by atoms with Crippen molar-refractivity contribution in [3.63, 3.8) is 0 Å². The summed E-state index contributed by atoms with van der Waals surface area (Å²) in [5, 5.41) is 10.7. The van der Waals surface area contributed by atoms with Crippen LogP contribution in [0.15, 0.2) is 30.7 Å². The number of sulfonamides is 1. The number of nitrogens with zero attached hydrogens (tertiary/aromatic N) is 5. The number of hydrogen-bond donors (Lipinski definition) is 1. The number of rotatable bonds is 3. The molecule has 3 aromatic heterocycles. The zero-order valence-electron chi connectivity index (χ0n) is 13.4. The lowest BCUT2D eigenvalue weighted by atomic mass is 10.1. The van der Waals surface area contributed by atoms with Crippen molar-refractivity contribution in [2.45, 2.75) is 0 Å². The number of anilines is 1. The predicted octanol–water partition coefficient (Wildman–Crippen LogP) is 1.09. The molecule has 0 aromatic carbocycles. The lowest BCUT2D eigenvalue weighted by molar-refractivity contribution is 0.387. The molecular weight excluding hydrogens is 340 g/mol. The Balaban J connectivity index is 1.68. The molecule has 1 fully saturated rings. The van der Waals surface area contributed by atoms with Gasteiger partial charge in [-0.15, -0.1) is 0 Å². The third-order valence-electron chi connectivity index (χ3n) is 4.49. The van der Waals surface area contributed by atoms with Gasteiger partial charge in [0.05, 0.1) is 17.8 Å². The minimum absolute atomic E-state index is 0.373. The van der Waals surface area contributed by atoms with E-state index in [4.69, 9.17) is 5.26 Å². The quantitative estimate of drug-likeness (QED) is 0.753. The maximum atomic E-state index is 12.0. The summed E-state index contributed by atoms with van der Waals surface area (Å²) in [6.07, 6.45) is 5.36. The second kappa shape index (κ2) is 5.98. The van der Waals surface area contributed by atoms with E-state index in [0.717, 1.165) is 22.0 Å². The van der Waals surface area contributed by atoms with Crippen LogP contribution in [0.25, 0.3) is 21.9 Å². The minimum atomic E-state index is -3.49. The molecule has 9 heteroatoms. The van der Waals surface area contributed by atoms with Gasteiger partial charge in [-0.3, -0.25) is 0 Å². The molecule has 0 unspecified atom stereocenters. The monoisotopic (exact) mass is 356 g/mol. The molecule has 1 aliphatic heterocycles. The van der Waals surface area contributed by atoms with Crippen molar-refractivity contribution < 1.29 is 8.42 Å². The highest BCUT2D eigenvalue weighted by atomic mass is 32.2. The average Bonchev–Trinajstić information content (AvgIpc) is 3.10. The van der Waals surface area contributed by atoms with Crippen LogP contribution in [0, 0.1) is 11.3 Å². The van der Waals surface area contributed by atoms with E-state index in [2.05, 4.69) is 19.9 Å². The summed E-state index contributed by atoms with van der Waals surface area (Å²) in [6.45, 7) is 1.89. The molecule has 4 heterocycles. The van der Waals surface area contributed by atoms with Gasteiger partial charge < -0.3 is 9.88 Å².